The maximum atomic E-state index is 13.5. The zero-order chi connectivity index (χ0) is 12.3. The Labute approximate surface area is 99.4 Å². The smallest absolute Gasteiger partial charge is 0.322 e. The Morgan fingerprint density at radius 2 is 2.12 bits per heavy atom. The van der Waals surface area contributed by atoms with Gasteiger partial charge in [0.25, 0.3) is 0 Å². The summed E-state index contributed by atoms with van der Waals surface area (Å²) in [4.78, 5) is 13.4. The standard InChI is InChI=1S/C12H15FN2O2/c1-9-2-3-11(10(13)8-9)14-12(16)15-4-6-17-7-5-15/h2-3,8H,4-7H2,1H3,(H,14,16). The minimum atomic E-state index is -0.411. The van der Waals surface area contributed by atoms with Crippen LogP contribution < -0.4 is 5.32 Å². The molecule has 1 heterocycles. The minimum Gasteiger partial charge on any atom is -0.378 e. The summed E-state index contributed by atoms with van der Waals surface area (Å²) in [5, 5.41) is 2.56. The highest BCUT2D eigenvalue weighted by Gasteiger charge is 2.17. The summed E-state index contributed by atoms with van der Waals surface area (Å²) >= 11 is 0. The van der Waals surface area contributed by atoms with Crippen molar-refractivity contribution in [3.8, 4) is 0 Å². The van der Waals surface area contributed by atoms with Crippen molar-refractivity contribution in [3.05, 3.63) is 29.6 Å². The van der Waals surface area contributed by atoms with E-state index < -0.39 is 5.82 Å². The number of rotatable bonds is 1. The molecule has 0 spiro atoms. The molecule has 4 nitrogen and oxygen atoms in total. The lowest BCUT2D eigenvalue weighted by Crippen LogP contribution is -2.43. The number of aryl methyl sites for hydroxylation is 1. The summed E-state index contributed by atoms with van der Waals surface area (Å²) in [7, 11) is 0. The van der Waals surface area contributed by atoms with Crippen LogP contribution in [0.2, 0.25) is 0 Å². The fourth-order valence-corrected chi connectivity index (χ4v) is 1.68. The van der Waals surface area contributed by atoms with Crippen molar-refractivity contribution >= 4 is 11.7 Å². The van der Waals surface area contributed by atoms with Gasteiger partial charge in [0.1, 0.15) is 5.82 Å². The van der Waals surface area contributed by atoms with Crippen LogP contribution in [0, 0.1) is 12.7 Å². The number of amides is 2. The van der Waals surface area contributed by atoms with Crippen molar-refractivity contribution in [2.45, 2.75) is 6.92 Å². The van der Waals surface area contributed by atoms with Crippen molar-refractivity contribution in [3.63, 3.8) is 0 Å². The predicted octanol–water partition coefficient (Wildman–Crippen LogP) is 2.00. The number of carbonyl (C=O) groups is 1. The van der Waals surface area contributed by atoms with E-state index in [9.17, 15) is 9.18 Å². The highest BCUT2D eigenvalue weighted by molar-refractivity contribution is 5.89. The molecule has 0 radical (unpaired) electrons. The number of urea groups is 1. The van der Waals surface area contributed by atoms with E-state index in [0.29, 0.717) is 26.3 Å². The average Bonchev–Trinajstić information content (AvgIpc) is 2.34. The second kappa shape index (κ2) is 5.14. The highest BCUT2D eigenvalue weighted by atomic mass is 19.1. The average molecular weight is 238 g/mol. The van der Waals surface area contributed by atoms with Crippen molar-refractivity contribution in [2.75, 3.05) is 31.6 Å². The van der Waals surface area contributed by atoms with Gasteiger partial charge in [-0.2, -0.15) is 0 Å². The van der Waals surface area contributed by atoms with Gasteiger partial charge in [-0.3, -0.25) is 0 Å². The molecule has 5 heteroatoms. The number of ether oxygens (including phenoxy) is 1. The van der Waals surface area contributed by atoms with Crippen LogP contribution in [0.1, 0.15) is 5.56 Å². The lowest BCUT2D eigenvalue weighted by atomic mass is 10.2. The van der Waals surface area contributed by atoms with Gasteiger partial charge in [0.15, 0.2) is 0 Å². The molecule has 0 bridgehead atoms. The van der Waals surface area contributed by atoms with Crippen LogP contribution in [0.25, 0.3) is 0 Å². The molecule has 0 aromatic heterocycles. The summed E-state index contributed by atoms with van der Waals surface area (Å²) < 4.78 is 18.7. The van der Waals surface area contributed by atoms with E-state index in [-0.39, 0.29) is 11.7 Å². The van der Waals surface area contributed by atoms with Crippen molar-refractivity contribution < 1.29 is 13.9 Å². The first-order valence-corrected chi connectivity index (χ1v) is 5.56. The normalized spacial score (nSPS) is 15.8. The van der Waals surface area contributed by atoms with Gasteiger partial charge >= 0.3 is 6.03 Å². The lowest BCUT2D eigenvalue weighted by Gasteiger charge is -2.27. The molecule has 1 fully saturated rings. The third-order valence-electron chi connectivity index (χ3n) is 2.66. The van der Waals surface area contributed by atoms with Crippen LogP contribution in [0.5, 0.6) is 0 Å². The first kappa shape index (κ1) is 11.9. The number of halogens is 1. The first-order valence-electron chi connectivity index (χ1n) is 5.56. The van der Waals surface area contributed by atoms with Crippen LogP contribution in [-0.2, 0) is 4.74 Å². The van der Waals surface area contributed by atoms with E-state index in [1.165, 1.54) is 6.07 Å². The molecular formula is C12H15FN2O2. The van der Waals surface area contributed by atoms with E-state index >= 15 is 0 Å². The van der Waals surface area contributed by atoms with Crippen LogP contribution in [0.15, 0.2) is 18.2 Å². The quantitative estimate of drug-likeness (QED) is 0.813. The lowest BCUT2D eigenvalue weighted by molar-refractivity contribution is 0.0564. The molecule has 2 rings (SSSR count). The third-order valence-corrected chi connectivity index (χ3v) is 2.66. The number of benzene rings is 1. The van der Waals surface area contributed by atoms with Crippen LogP contribution in [0.3, 0.4) is 0 Å². The molecule has 1 saturated heterocycles. The summed E-state index contributed by atoms with van der Waals surface area (Å²) in [6.45, 7) is 3.95. The monoisotopic (exact) mass is 238 g/mol. The maximum absolute atomic E-state index is 13.5. The summed E-state index contributed by atoms with van der Waals surface area (Å²) in [5.41, 5.74) is 1.04. The van der Waals surface area contributed by atoms with Gasteiger partial charge in [-0.1, -0.05) is 6.07 Å². The van der Waals surface area contributed by atoms with E-state index in [1.54, 1.807) is 24.0 Å². The molecule has 0 aliphatic carbocycles. The number of morpholine rings is 1. The molecule has 0 unspecified atom stereocenters. The van der Waals surface area contributed by atoms with Crippen molar-refractivity contribution in [1.29, 1.82) is 0 Å². The Morgan fingerprint density at radius 3 is 2.76 bits per heavy atom. The number of carbonyl (C=O) groups excluding carboxylic acids is 1. The molecular weight excluding hydrogens is 223 g/mol. The first-order chi connectivity index (χ1) is 8.16. The largest absolute Gasteiger partial charge is 0.378 e. The van der Waals surface area contributed by atoms with Crippen molar-refractivity contribution in [1.82, 2.24) is 4.90 Å². The highest BCUT2D eigenvalue weighted by Crippen LogP contribution is 2.16. The number of anilines is 1. The summed E-state index contributed by atoms with van der Waals surface area (Å²) in [6, 6.07) is 4.45. The zero-order valence-corrected chi connectivity index (χ0v) is 9.70. The second-order valence-corrected chi connectivity index (χ2v) is 4.01. The van der Waals surface area contributed by atoms with Gasteiger partial charge in [-0.05, 0) is 24.6 Å². The third kappa shape index (κ3) is 2.94. The molecule has 2 amide bonds. The number of hydrogen-bond acceptors (Lipinski definition) is 2. The molecule has 1 aromatic rings. The molecule has 92 valence electrons. The van der Waals surface area contributed by atoms with E-state index in [0.717, 1.165) is 5.56 Å². The summed E-state index contributed by atoms with van der Waals surface area (Å²) in [6.07, 6.45) is 0. The Morgan fingerprint density at radius 1 is 1.41 bits per heavy atom. The predicted molar refractivity (Wildman–Crippen MR) is 62.5 cm³/mol. The second-order valence-electron chi connectivity index (χ2n) is 4.01. The van der Waals surface area contributed by atoms with Crippen molar-refractivity contribution in [2.24, 2.45) is 0 Å². The van der Waals surface area contributed by atoms with Gasteiger partial charge in [-0.15, -0.1) is 0 Å². The molecule has 1 aliphatic heterocycles. The maximum Gasteiger partial charge on any atom is 0.322 e. The van der Waals surface area contributed by atoms with Gasteiger partial charge in [0.05, 0.1) is 18.9 Å². The molecule has 1 aromatic carbocycles. The molecule has 1 aliphatic rings. The summed E-state index contributed by atoms with van der Waals surface area (Å²) in [5.74, 6) is -0.411. The topological polar surface area (TPSA) is 41.6 Å². The minimum absolute atomic E-state index is 0.215. The Balaban J connectivity index is 2.02. The van der Waals surface area contributed by atoms with E-state index in [2.05, 4.69) is 5.32 Å². The van der Waals surface area contributed by atoms with Gasteiger partial charge in [0, 0.05) is 13.1 Å². The van der Waals surface area contributed by atoms with Crippen LogP contribution >= 0.6 is 0 Å². The van der Waals surface area contributed by atoms with Gasteiger partial charge in [-0.25, -0.2) is 9.18 Å². The van der Waals surface area contributed by atoms with Crippen LogP contribution in [-0.4, -0.2) is 37.2 Å². The van der Waals surface area contributed by atoms with Gasteiger partial charge < -0.3 is 15.0 Å². The molecule has 17 heavy (non-hydrogen) atoms. The Bertz CT molecular complexity index is 417. The number of nitrogens with zero attached hydrogens (tertiary/aromatic N) is 1. The Hall–Kier alpha value is -1.62. The van der Waals surface area contributed by atoms with Crippen LogP contribution in [0.4, 0.5) is 14.9 Å². The fourth-order valence-electron chi connectivity index (χ4n) is 1.68. The Kier molecular flexibility index (Phi) is 3.58. The van der Waals surface area contributed by atoms with Gasteiger partial charge in [0.2, 0.25) is 0 Å². The molecule has 1 N–H and O–H groups in total. The number of nitrogens with one attached hydrogen (secondary N) is 1. The molecule has 0 saturated carbocycles. The fraction of sp³-hybridized carbons (Fsp3) is 0.417. The van der Waals surface area contributed by atoms with E-state index in [1.807, 2.05) is 0 Å². The van der Waals surface area contributed by atoms with E-state index in [4.69, 9.17) is 4.74 Å². The number of hydrogen-bond donors (Lipinski definition) is 1. The SMILES string of the molecule is Cc1ccc(NC(=O)N2CCOCC2)c(F)c1. The molecule has 0 atom stereocenters. The zero-order valence-electron chi connectivity index (χ0n) is 9.70.